The van der Waals surface area contributed by atoms with Crippen LogP contribution in [-0.4, -0.2) is 24.7 Å². The molecule has 0 spiro atoms. The Hall–Kier alpha value is -4.00. The molecular formula is C24H21FN6. The number of pyridine rings is 1. The van der Waals surface area contributed by atoms with Gasteiger partial charge in [-0.2, -0.15) is 5.10 Å². The highest BCUT2D eigenvalue weighted by atomic mass is 19.1. The first-order valence-electron chi connectivity index (χ1n) is 10.0. The maximum Gasteiger partial charge on any atom is 0.201 e. The van der Waals surface area contributed by atoms with Crippen LogP contribution in [0.5, 0.6) is 0 Å². The number of benzene rings is 2. The smallest absolute Gasteiger partial charge is 0.201 e. The summed E-state index contributed by atoms with van der Waals surface area (Å²) in [6, 6.07) is 18.5. The molecule has 2 N–H and O–H groups in total. The van der Waals surface area contributed by atoms with Crippen molar-refractivity contribution in [3.05, 3.63) is 83.9 Å². The fraction of sp³-hybridized carbons (Fsp3) is 0.125. The number of halogens is 1. The van der Waals surface area contributed by atoms with Crippen LogP contribution >= 0.6 is 0 Å². The quantitative estimate of drug-likeness (QED) is 0.422. The molecule has 6 nitrogen and oxygen atoms in total. The number of aryl methyl sites for hydroxylation is 2. The highest BCUT2D eigenvalue weighted by molar-refractivity contribution is 5.87. The highest BCUT2D eigenvalue weighted by Crippen LogP contribution is 2.32. The van der Waals surface area contributed by atoms with Crippen molar-refractivity contribution >= 4 is 16.9 Å². The number of hydrogen-bond donors (Lipinski definition) is 2. The molecule has 0 fully saturated rings. The SMILES string of the molecule is Cc1cccc(-c2[nH]c(NCc3ccc(F)cc3)nc2-c2ccc3c(cnn3C)c2)n1. The van der Waals surface area contributed by atoms with E-state index < -0.39 is 0 Å². The van der Waals surface area contributed by atoms with Crippen molar-refractivity contribution in [2.75, 3.05) is 5.32 Å². The van der Waals surface area contributed by atoms with Crippen LogP contribution in [0.25, 0.3) is 33.5 Å². The van der Waals surface area contributed by atoms with E-state index in [0.29, 0.717) is 12.5 Å². The monoisotopic (exact) mass is 412 g/mol. The van der Waals surface area contributed by atoms with Gasteiger partial charge in [0.1, 0.15) is 5.82 Å². The average molecular weight is 412 g/mol. The molecule has 0 aliphatic rings. The Morgan fingerprint density at radius 3 is 2.68 bits per heavy atom. The second-order valence-electron chi connectivity index (χ2n) is 7.50. The summed E-state index contributed by atoms with van der Waals surface area (Å²) >= 11 is 0. The van der Waals surface area contributed by atoms with Gasteiger partial charge in [-0.1, -0.05) is 24.3 Å². The van der Waals surface area contributed by atoms with Gasteiger partial charge in [0.05, 0.1) is 28.8 Å². The lowest BCUT2D eigenvalue weighted by Gasteiger charge is -2.04. The Bertz CT molecular complexity index is 1370. The minimum Gasteiger partial charge on any atom is -0.352 e. The topological polar surface area (TPSA) is 71.4 Å². The van der Waals surface area contributed by atoms with Crippen LogP contribution in [0.4, 0.5) is 10.3 Å². The number of anilines is 1. The molecule has 0 radical (unpaired) electrons. The zero-order chi connectivity index (χ0) is 21.4. The molecule has 0 amide bonds. The standard InChI is InChI=1S/C24H21FN6/c1-15-4-3-5-20(28-15)23-22(17-8-11-21-18(12-17)14-27-31(21)2)29-24(30-23)26-13-16-6-9-19(25)10-7-16/h3-12,14H,13H2,1-2H3,(H2,26,29,30). The van der Waals surface area contributed by atoms with E-state index in [9.17, 15) is 4.39 Å². The number of H-pyrrole nitrogens is 1. The van der Waals surface area contributed by atoms with Crippen molar-refractivity contribution in [2.45, 2.75) is 13.5 Å². The Kier molecular flexibility index (Phi) is 4.71. The number of nitrogens with one attached hydrogen (secondary N) is 2. The summed E-state index contributed by atoms with van der Waals surface area (Å²) in [7, 11) is 1.93. The van der Waals surface area contributed by atoms with Gasteiger partial charge >= 0.3 is 0 Å². The van der Waals surface area contributed by atoms with Gasteiger partial charge in [0.2, 0.25) is 5.95 Å². The van der Waals surface area contributed by atoms with Gasteiger partial charge in [-0.25, -0.2) is 9.37 Å². The van der Waals surface area contributed by atoms with Crippen LogP contribution in [0.15, 0.2) is 66.9 Å². The molecular weight excluding hydrogens is 391 g/mol. The van der Waals surface area contributed by atoms with Crippen molar-refractivity contribution in [3.8, 4) is 22.6 Å². The van der Waals surface area contributed by atoms with Crippen LogP contribution in [0, 0.1) is 12.7 Å². The van der Waals surface area contributed by atoms with Crippen molar-refractivity contribution < 1.29 is 4.39 Å². The fourth-order valence-electron chi connectivity index (χ4n) is 3.63. The molecule has 31 heavy (non-hydrogen) atoms. The van der Waals surface area contributed by atoms with Crippen molar-refractivity contribution in [3.63, 3.8) is 0 Å². The first-order valence-corrected chi connectivity index (χ1v) is 10.0. The van der Waals surface area contributed by atoms with E-state index in [-0.39, 0.29) is 5.82 Å². The minimum atomic E-state index is -0.248. The highest BCUT2D eigenvalue weighted by Gasteiger charge is 2.16. The van der Waals surface area contributed by atoms with Crippen LogP contribution in [0.3, 0.4) is 0 Å². The predicted octanol–water partition coefficient (Wildman–Crippen LogP) is 5.09. The lowest BCUT2D eigenvalue weighted by Crippen LogP contribution is -2.01. The molecule has 0 unspecified atom stereocenters. The molecule has 2 aromatic carbocycles. The normalized spacial score (nSPS) is 11.2. The zero-order valence-electron chi connectivity index (χ0n) is 17.2. The van der Waals surface area contributed by atoms with Crippen molar-refractivity contribution in [2.24, 2.45) is 7.05 Å². The third-order valence-electron chi connectivity index (χ3n) is 5.24. The third-order valence-corrected chi connectivity index (χ3v) is 5.24. The molecule has 3 heterocycles. The molecule has 0 atom stereocenters. The van der Waals surface area contributed by atoms with Gasteiger partial charge in [-0.05, 0) is 48.9 Å². The average Bonchev–Trinajstić information content (AvgIpc) is 3.37. The van der Waals surface area contributed by atoms with Crippen LogP contribution in [0.2, 0.25) is 0 Å². The Balaban J connectivity index is 1.55. The molecule has 0 saturated carbocycles. The third kappa shape index (κ3) is 3.77. The molecule has 0 aliphatic heterocycles. The Morgan fingerprint density at radius 2 is 1.87 bits per heavy atom. The number of aromatic nitrogens is 5. The minimum absolute atomic E-state index is 0.248. The van der Waals surface area contributed by atoms with E-state index in [0.717, 1.165) is 44.8 Å². The summed E-state index contributed by atoms with van der Waals surface area (Å²) in [5.74, 6) is 0.381. The van der Waals surface area contributed by atoms with Gasteiger partial charge in [-0.3, -0.25) is 9.67 Å². The maximum atomic E-state index is 13.2. The van der Waals surface area contributed by atoms with Gasteiger partial charge < -0.3 is 10.3 Å². The summed E-state index contributed by atoms with van der Waals surface area (Å²) < 4.78 is 15.0. The maximum absolute atomic E-state index is 13.2. The summed E-state index contributed by atoms with van der Waals surface area (Å²) in [6.07, 6.45) is 1.85. The van der Waals surface area contributed by atoms with Gasteiger partial charge in [0, 0.05) is 30.2 Å². The summed E-state index contributed by atoms with van der Waals surface area (Å²) in [6.45, 7) is 2.49. The molecule has 0 bridgehead atoms. The lowest BCUT2D eigenvalue weighted by molar-refractivity contribution is 0.627. The Labute approximate surface area is 178 Å². The van der Waals surface area contributed by atoms with Crippen molar-refractivity contribution in [1.82, 2.24) is 24.7 Å². The van der Waals surface area contributed by atoms with Crippen LogP contribution < -0.4 is 5.32 Å². The molecule has 5 aromatic rings. The fourth-order valence-corrected chi connectivity index (χ4v) is 3.63. The van der Waals surface area contributed by atoms with E-state index in [1.54, 1.807) is 12.1 Å². The van der Waals surface area contributed by atoms with E-state index in [1.807, 2.05) is 55.2 Å². The van der Waals surface area contributed by atoms with Crippen LogP contribution in [0.1, 0.15) is 11.3 Å². The first-order chi connectivity index (χ1) is 15.1. The molecule has 7 heteroatoms. The molecule has 3 aromatic heterocycles. The number of aromatic amines is 1. The molecule has 0 saturated heterocycles. The van der Waals surface area contributed by atoms with E-state index in [1.165, 1.54) is 12.1 Å². The van der Waals surface area contributed by atoms with Crippen molar-refractivity contribution in [1.29, 1.82) is 0 Å². The number of rotatable bonds is 5. The van der Waals surface area contributed by atoms with E-state index >= 15 is 0 Å². The van der Waals surface area contributed by atoms with Gasteiger partial charge in [0.15, 0.2) is 0 Å². The number of fused-ring (bicyclic) bond motifs is 1. The molecule has 154 valence electrons. The zero-order valence-corrected chi connectivity index (χ0v) is 17.2. The van der Waals surface area contributed by atoms with Gasteiger partial charge in [0.25, 0.3) is 0 Å². The molecule has 0 aliphatic carbocycles. The second-order valence-corrected chi connectivity index (χ2v) is 7.50. The lowest BCUT2D eigenvalue weighted by atomic mass is 10.1. The summed E-state index contributed by atoms with van der Waals surface area (Å²) in [4.78, 5) is 12.9. The number of imidazole rings is 1. The largest absolute Gasteiger partial charge is 0.352 e. The van der Waals surface area contributed by atoms with E-state index in [4.69, 9.17) is 4.98 Å². The van der Waals surface area contributed by atoms with E-state index in [2.05, 4.69) is 26.4 Å². The van der Waals surface area contributed by atoms with Crippen LogP contribution in [-0.2, 0) is 13.6 Å². The summed E-state index contributed by atoms with van der Waals surface area (Å²) in [5, 5.41) is 8.69. The Morgan fingerprint density at radius 1 is 1.03 bits per heavy atom. The van der Waals surface area contributed by atoms with Gasteiger partial charge in [-0.15, -0.1) is 0 Å². The first kappa shape index (κ1) is 19.0. The predicted molar refractivity (Wildman–Crippen MR) is 120 cm³/mol. The number of hydrogen-bond acceptors (Lipinski definition) is 4. The molecule has 5 rings (SSSR count). The summed E-state index contributed by atoms with van der Waals surface area (Å²) in [5.41, 5.74) is 6.41. The second kappa shape index (κ2) is 7.68. The number of nitrogens with zero attached hydrogens (tertiary/aromatic N) is 4.